The lowest BCUT2D eigenvalue weighted by atomic mass is 9.97. The summed E-state index contributed by atoms with van der Waals surface area (Å²) in [5, 5.41) is 8.85. The van der Waals surface area contributed by atoms with Gasteiger partial charge >= 0.3 is 0 Å². The summed E-state index contributed by atoms with van der Waals surface area (Å²) in [7, 11) is 0. The average Bonchev–Trinajstić information content (AvgIpc) is 2.18. The number of rotatable bonds is 3. The van der Waals surface area contributed by atoms with E-state index >= 15 is 0 Å². The molecule has 0 atom stereocenters. The van der Waals surface area contributed by atoms with E-state index in [9.17, 15) is 4.79 Å². The van der Waals surface area contributed by atoms with Crippen LogP contribution in [0.5, 0.6) is 0 Å². The Bertz CT molecular complexity index is 391. The van der Waals surface area contributed by atoms with Crippen molar-refractivity contribution >= 4 is 5.91 Å². The number of primary amides is 1. The van der Waals surface area contributed by atoms with Gasteiger partial charge in [-0.3, -0.25) is 4.79 Å². The lowest BCUT2D eigenvalue weighted by Gasteiger charge is -2.06. The van der Waals surface area contributed by atoms with E-state index in [1.54, 1.807) is 18.2 Å². The number of benzene rings is 1. The fourth-order valence-electron chi connectivity index (χ4n) is 1.44. The zero-order chi connectivity index (χ0) is 10.6. The van der Waals surface area contributed by atoms with Gasteiger partial charge in [0, 0.05) is 5.56 Å². The number of hydrogen-bond donors (Lipinski definition) is 1. The number of nitrogens with two attached hydrogens (primary N) is 1. The predicted molar refractivity (Wildman–Crippen MR) is 53.7 cm³/mol. The lowest BCUT2D eigenvalue weighted by molar-refractivity contribution is 0.0999. The first-order valence-electron chi connectivity index (χ1n) is 4.52. The third-order valence-electron chi connectivity index (χ3n) is 2.06. The van der Waals surface area contributed by atoms with Crippen LogP contribution in [0.15, 0.2) is 18.2 Å². The van der Waals surface area contributed by atoms with Gasteiger partial charge in [-0.15, -0.1) is 0 Å². The average molecular weight is 188 g/mol. The second kappa shape index (κ2) is 4.43. The summed E-state index contributed by atoms with van der Waals surface area (Å²) in [4.78, 5) is 11.1. The van der Waals surface area contributed by atoms with E-state index in [1.165, 1.54) is 0 Å². The summed E-state index contributed by atoms with van der Waals surface area (Å²) < 4.78 is 0. The standard InChI is InChI=1S/C11H12N2O/c1-2-4-9-8(7-12)5-3-6-10(9)11(13)14/h3,5-6H,2,4H2,1H3,(H2,13,14). The Hall–Kier alpha value is -1.82. The summed E-state index contributed by atoms with van der Waals surface area (Å²) in [5.74, 6) is -0.467. The minimum absolute atomic E-state index is 0.464. The van der Waals surface area contributed by atoms with Gasteiger partial charge in [0.2, 0.25) is 5.91 Å². The fourth-order valence-corrected chi connectivity index (χ4v) is 1.44. The van der Waals surface area contributed by atoms with Gasteiger partial charge in [-0.1, -0.05) is 19.4 Å². The Balaban J connectivity index is 3.29. The van der Waals surface area contributed by atoms with Crippen LogP contribution in [0.25, 0.3) is 0 Å². The van der Waals surface area contributed by atoms with Gasteiger partial charge in [0.15, 0.2) is 0 Å². The van der Waals surface area contributed by atoms with Crippen LogP contribution in [0.1, 0.15) is 34.8 Å². The minimum Gasteiger partial charge on any atom is -0.366 e. The fraction of sp³-hybridized carbons (Fsp3) is 0.273. The molecule has 1 rings (SSSR count). The third kappa shape index (κ3) is 1.91. The van der Waals surface area contributed by atoms with Crippen molar-refractivity contribution in [1.29, 1.82) is 5.26 Å². The topological polar surface area (TPSA) is 66.9 Å². The van der Waals surface area contributed by atoms with Crippen LogP contribution < -0.4 is 5.73 Å². The molecule has 3 heteroatoms. The van der Waals surface area contributed by atoms with E-state index in [0.29, 0.717) is 17.5 Å². The summed E-state index contributed by atoms with van der Waals surface area (Å²) in [5.41, 5.74) is 7.00. The van der Waals surface area contributed by atoms with Crippen LogP contribution in [-0.2, 0) is 6.42 Å². The van der Waals surface area contributed by atoms with Crippen LogP contribution in [0.3, 0.4) is 0 Å². The molecule has 0 saturated heterocycles. The smallest absolute Gasteiger partial charge is 0.249 e. The molecule has 0 bridgehead atoms. The first-order valence-corrected chi connectivity index (χ1v) is 4.52. The summed E-state index contributed by atoms with van der Waals surface area (Å²) >= 11 is 0. The number of hydrogen-bond acceptors (Lipinski definition) is 2. The Kier molecular flexibility index (Phi) is 3.24. The maximum Gasteiger partial charge on any atom is 0.249 e. The molecule has 0 unspecified atom stereocenters. The molecule has 0 aliphatic heterocycles. The molecule has 14 heavy (non-hydrogen) atoms. The zero-order valence-electron chi connectivity index (χ0n) is 8.08. The van der Waals surface area contributed by atoms with E-state index < -0.39 is 5.91 Å². The number of nitrogens with zero attached hydrogens (tertiary/aromatic N) is 1. The maximum atomic E-state index is 11.1. The monoisotopic (exact) mass is 188 g/mol. The van der Waals surface area contributed by atoms with Gasteiger partial charge in [0.25, 0.3) is 0 Å². The summed E-state index contributed by atoms with van der Waals surface area (Å²) in [6.45, 7) is 2.00. The normalized spacial score (nSPS) is 9.43. The first-order chi connectivity index (χ1) is 6.70. The molecule has 72 valence electrons. The Morgan fingerprint density at radius 3 is 2.79 bits per heavy atom. The molecule has 0 aliphatic rings. The Morgan fingerprint density at radius 2 is 2.29 bits per heavy atom. The SMILES string of the molecule is CCCc1c(C#N)cccc1C(N)=O. The van der Waals surface area contributed by atoms with Gasteiger partial charge in [-0.25, -0.2) is 0 Å². The van der Waals surface area contributed by atoms with Crippen LogP contribution in [0.2, 0.25) is 0 Å². The van der Waals surface area contributed by atoms with Crippen molar-refractivity contribution in [2.75, 3.05) is 0 Å². The molecule has 0 fully saturated rings. The van der Waals surface area contributed by atoms with E-state index in [-0.39, 0.29) is 0 Å². The molecule has 0 spiro atoms. The van der Waals surface area contributed by atoms with Crippen molar-refractivity contribution in [1.82, 2.24) is 0 Å². The quantitative estimate of drug-likeness (QED) is 0.783. The number of amides is 1. The van der Waals surface area contributed by atoms with E-state index in [4.69, 9.17) is 11.0 Å². The highest BCUT2D eigenvalue weighted by Crippen LogP contribution is 2.15. The predicted octanol–water partition coefficient (Wildman–Crippen LogP) is 1.61. The van der Waals surface area contributed by atoms with Crippen LogP contribution in [0.4, 0.5) is 0 Å². The number of nitriles is 1. The third-order valence-corrected chi connectivity index (χ3v) is 2.06. The summed E-state index contributed by atoms with van der Waals surface area (Å²) in [6.07, 6.45) is 1.60. The molecule has 1 aromatic rings. The molecule has 0 radical (unpaired) electrons. The molecular formula is C11H12N2O. The molecule has 0 aliphatic carbocycles. The van der Waals surface area contributed by atoms with E-state index in [2.05, 4.69) is 6.07 Å². The minimum atomic E-state index is -0.467. The Labute approximate surface area is 83.2 Å². The molecule has 1 aromatic carbocycles. The Morgan fingerprint density at radius 1 is 1.57 bits per heavy atom. The largest absolute Gasteiger partial charge is 0.366 e. The molecule has 0 saturated carbocycles. The van der Waals surface area contributed by atoms with Crippen molar-refractivity contribution in [2.45, 2.75) is 19.8 Å². The van der Waals surface area contributed by atoms with Crippen molar-refractivity contribution in [2.24, 2.45) is 5.73 Å². The van der Waals surface area contributed by atoms with E-state index in [1.807, 2.05) is 6.92 Å². The number of carbonyl (C=O) groups is 1. The van der Waals surface area contributed by atoms with Gasteiger partial charge in [0.05, 0.1) is 11.6 Å². The van der Waals surface area contributed by atoms with Crippen LogP contribution in [-0.4, -0.2) is 5.91 Å². The van der Waals surface area contributed by atoms with Crippen molar-refractivity contribution in [3.63, 3.8) is 0 Å². The van der Waals surface area contributed by atoms with E-state index in [0.717, 1.165) is 12.0 Å². The molecule has 3 nitrogen and oxygen atoms in total. The maximum absolute atomic E-state index is 11.1. The van der Waals surface area contributed by atoms with Crippen LogP contribution in [0, 0.1) is 11.3 Å². The molecule has 2 N–H and O–H groups in total. The van der Waals surface area contributed by atoms with Gasteiger partial charge < -0.3 is 5.73 Å². The highest BCUT2D eigenvalue weighted by Gasteiger charge is 2.10. The first kappa shape index (κ1) is 10.3. The van der Waals surface area contributed by atoms with Crippen molar-refractivity contribution < 1.29 is 4.79 Å². The lowest BCUT2D eigenvalue weighted by Crippen LogP contribution is -2.14. The zero-order valence-corrected chi connectivity index (χ0v) is 8.08. The van der Waals surface area contributed by atoms with Gasteiger partial charge in [0.1, 0.15) is 0 Å². The highest BCUT2D eigenvalue weighted by atomic mass is 16.1. The molecule has 1 amide bonds. The second-order valence-electron chi connectivity index (χ2n) is 3.06. The number of carbonyl (C=O) groups excluding carboxylic acids is 1. The van der Waals surface area contributed by atoms with Gasteiger partial charge in [-0.05, 0) is 24.1 Å². The van der Waals surface area contributed by atoms with Crippen molar-refractivity contribution in [3.05, 3.63) is 34.9 Å². The molecule has 0 heterocycles. The highest BCUT2D eigenvalue weighted by molar-refractivity contribution is 5.94. The second-order valence-corrected chi connectivity index (χ2v) is 3.06. The molecule has 0 aromatic heterocycles. The van der Waals surface area contributed by atoms with Gasteiger partial charge in [-0.2, -0.15) is 5.26 Å². The summed E-state index contributed by atoms with van der Waals surface area (Å²) in [6, 6.07) is 7.11. The van der Waals surface area contributed by atoms with Crippen LogP contribution >= 0.6 is 0 Å². The molecular weight excluding hydrogens is 176 g/mol. The van der Waals surface area contributed by atoms with Crippen molar-refractivity contribution in [3.8, 4) is 6.07 Å².